The fourth-order valence-corrected chi connectivity index (χ4v) is 3.16. The number of hydrogen-bond donors (Lipinski definition) is 1. The van der Waals surface area contributed by atoms with Gasteiger partial charge in [-0.15, -0.1) is 0 Å². The first-order valence-corrected chi connectivity index (χ1v) is 9.04. The van der Waals surface area contributed by atoms with Gasteiger partial charge >= 0.3 is 5.97 Å². The second-order valence-electron chi connectivity index (χ2n) is 6.42. The minimum atomic E-state index is -1.11. The van der Waals surface area contributed by atoms with Crippen LogP contribution in [0.15, 0.2) is 60.7 Å². The second kappa shape index (κ2) is 9.48. The Kier molecular flexibility index (Phi) is 6.77. The Morgan fingerprint density at radius 1 is 1.08 bits per heavy atom. The van der Waals surface area contributed by atoms with E-state index in [9.17, 15) is 9.90 Å². The van der Waals surface area contributed by atoms with Gasteiger partial charge in [0.15, 0.2) is 0 Å². The molecule has 3 rings (SSSR count). The Morgan fingerprint density at radius 2 is 1.73 bits per heavy atom. The van der Waals surface area contributed by atoms with Crippen LogP contribution in [-0.2, 0) is 27.3 Å². The van der Waals surface area contributed by atoms with Crippen molar-refractivity contribution in [1.82, 2.24) is 4.90 Å². The maximum absolute atomic E-state index is 12.4. The second-order valence-corrected chi connectivity index (χ2v) is 6.42. The minimum Gasteiger partial charge on any atom is -0.464 e. The fourth-order valence-electron chi connectivity index (χ4n) is 3.16. The number of ether oxygens (including phenoxy) is 2. The summed E-state index contributed by atoms with van der Waals surface area (Å²) in [5.41, 5.74) is 2.11. The van der Waals surface area contributed by atoms with Gasteiger partial charge in [-0.05, 0) is 24.0 Å². The van der Waals surface area contributed by atoms with E-state index in [-0.39, 0.29) is 5.97 Å². The molecule has 2 aromatic rings. The van der Waals surface area contributed by atoms with Crippen molar-refractivity contribution in [3.8, 4) is 0 Å². The summed E-state index contributed by atoms with van der Waals surface area (Å²) in [6.45, 7) is 1.26. The van der Waals surface area contributed by atoms with E-state index in [2.05, 4.69) is 0 Å². The summed E-state index contributed by atoms with van der Waals surface area (Å²) in [5.74, 6) is -0.291. The first-order chi connectivity index (χ1) is 12.7. The summed E-state index contributed by atoms with van der Waals surface area (Å²) in [6.07, 6.45) is 1.09. The zero-order valence-corrected chi connectivity index (χ0v) is 14.8. The van der Waals surface area contributed by atoms with Crippen LogP contribution in [0.1, 0.15) is 24.0 Å². The normalized spacial score (nSPS) is 18.6. The largest absolute Gasteiger partial charge is 0.464 e. The van der Waals surface area contributed by atoms with E-state index in [1.807, 2.05) is 60.7 Å². The van der Waals surface area contributed by atoms with Gasteiger partial charge < -0.3 is 14.6 Å². The van der Waals surface area contributed by atoms with Crippen LogP contribution >= 0.6 is 0 Å². The monoisotopic (exact) mass is 355 g/mol. The van der Waals surface area contributed by atoms with Crippen LogP contribution in [0, 0.1) is 0 Å². The Morgan fingerprint density at radius 3 is 2.42 bits per heavy atom. The Labute approximate surface area is 154 Å². The van der Waals surface area contributed by atoms with Gasteiger partial charge in [0.05, 0.1) is 13.2 Å². The number of benzene rings is 2. The molecule has 0 aromatic heterocycles. The molecule has 0 radical (unpaired) electrons. The van der Waals surface area contributed by atoms with Crippen molar-refractivity contribution in [3.63, 3.8) is 0 Å². The van der Waals surface area contributed by atoms with E-state index < -0.39 is 12.5 Å². The van der Waals surface area contributed by atoms with Crippen molar-refractivity contribution in [2.24, 2.45) is 0 Å². The summed E-state index contributed by atoms with van der Waals surface area (Å²) in [5, 5.41) is 10.3. The predicted octanol–water partition coefficient (Wildman–Crippen LogP) is 2.73. The third-order valence-corrected chi connectivity index (χ3v) is 4.57. The molecule has 1 fully saturated rings. The molecule has 1 saturated heterocycles. The molecular formula is C21H25NO4. The van der Waals surface area contributed by atoms with Crippen LogP contribution in [0.2, 0.25) is 0 Å². The molecule has 2 atom stereocenters. The van der Waals surface area contributed by atoms with Gasteiger partial charge in [-0.25, -0.2) is 4.90 Å². The van der Waals surface area contributed by atoms with Crippen molar-refractivity contribution in [2.75, 3.05) is 13.2 Å². The Balaban J connectivity index is 1.46. The van der Waals surface area contributed by atoms with Gasteiger partial charge in [0.25, 0.3) is 0 Å². The molecule has 1 N–H and O–H groups in total. The first-order valence-electron chi connectivity index (χ1n) is 9.04. The summed E-state index contributed by atoms with van der Waals surface area (Å²) in [7, 11) is 0. The van der Waals surface area contributed by atoms with Crippen molar-refractivity contribution in [2.45, 2.75) is 38.3 Å². The van der Waals surface area contributed by atoms with E-state index in [0.717, 1.165) is 17.5 Å². The fraction of sp³-hybridized carbons (Fsp3) is 0.381. The van der Waals surface area contributed by atoms with Gasteiger partial charge in [0.1, 0.15) is 6.04 Å². The number of rotatable bonds is 8. The lowest BCUT2D eigenvalue weighted by Gasteiger charge is -2.27. The predicted molar refractivity (Wildman–Crippen MR) is 98.1 cm³/mol. The van der Waals surface area contributed by atoms with Gasteiger partial charge in [-0.1, -0.05) is 60.7 Å². The molecule has 0 bridgehead atoms. The summed E-state index contributed by atoms with van der Waals surface area (Å²) in [4.78, 5) is 14.1. The summed E-state index contributed by atoms with van der Waals surface area (Å²) >= 11 is 0. The number of aliphatic hydroxyl groups is 1. The molecule has 1 aliphatic rings. The summed E-state index contributed by atoms with van der Waals surface area (Å²) < 4.78 is 11.0. The molecule has 0 amide bonds. The molecule has 2 aromatic carbocycles. The molecule has 0 spiro atoms. The van der Waals surface area contributed by atoms with Crippen molar-refractivity contribution < 1.29 is 19.4 Å². The maximum atomic E-state index is 12.4. The quantitative estimate of drug-likeness (QED) is 0.583. The third-order valence-electron chi connectivity index (χ3n) is 4.57. The molecule has 0 saturated carbocycles. The number of esters is 1. The molecule has 5 heteroatoms. The topological polar surface area (TPSA) is 59.0 Å². The van der Waals surface area contributed by atoms with Crippen LogP contribution in [0.25, 0.3) is 0 Å². The van der Waals surface area contributed by atoms with Gasteiger partial charge in [-0.2, -0.15) is 0 Å². The average molecular weight is 355 g/mol. The first kappa shape index (κ1) is 18.6. The molecule has 0 aliphatic carbocycles. The van der Waals surface area contributed by atoms with E-state index in [0.29, 0.717) is 32.6 Å². The van der Waals surface area contributed by atoms with Crippen LogP contribution in [0.4, 0.5) is 0 Å². The molecule has 1 aliphatic heterocycles. The number of likely N-dealkylation sites (tertiary alicyclic amines) is 1. The Bertz CT molecular complexity index is 677. The lowest BCUT2D eigenvalue weighted by molar-refractivity contribution is -0.209. The van der Waals surface area contributed by atoms with E-state index in [1.54, 1.807) is 4.90 Å². The maximum Gasteiger partial charge on any atom is 0.323 e. The van der Waals surface area contributed by atoms with Gasteiger partial charge in [0.2, 0.25) is 6.41 Å². The van der Waals surface area contributed by atoms with Crippen molar-refractivity contribution >= 4 is 5.97 Å². The highest BCUT2D eigenvalue weighted by Gasteiger charge is 2.36. The average Bonchev–Trinajstić information content (AvgIpc) is 3.18. The standard InChI is InChI=1S/C21H25NO4/c23-20(25-15-13-17-8-3-1-4-9-17)19-12-7-14-22(19)21(24)26-16-18-10-5-2-6-11-18/h1-6,8-11,19,21,24H,7,12-16H2. The lowest BCUT2D eigenvalue weighted by atomic mass is 10.2. The number of carbonyl (C=O) groups is 1. The van der Waals surface area contributed by atoms with E-state index >= 15 is 0 Å². The zero-order valence-electron chi connectivity index (χ0n) is 14.8. The van der Waals surface area contributed by atoms with Gasteiger partial charge in [-0.3, -0.25) is 4.79 Å². The van der Waals surface area contributed by atoms with E-state index in [4.69, 9.17) is 9.47 Å². The van der Waals surface area contributed by atoms with Crippen molar-refractivity contribution in [1.29, 1.82) is 0 Å². The molecular weight excluding hydrogens is 330 g/mol. The number of hydrogen-bond acceptors (Lipinski definition) is 5. The summed E-state index contributed by atoms with van der Waals surface area (Å²) in [6, 6.07) is 19.1. The van der Waals surface area contributed by atoms with E-state index in [1.165, 1.54) is 0 Å². The number of nitrogens with zero attached hydrogens (tertiary/aromatic N) is 1. The highest BCUT2D eigenvalue weighted by molar-refractivity contribution is 5.76. The number of carbonyl (C=O) groups excluding carboxylic acids is 1. The smallest absolute Gasteiger partial charge is 0.323 e. The van der Waals surface area contributed by atoms with Crippen LogP contribution < -0.4 is 0 Å². The SMILES string of the molecule is O=C(OCCc1ccccc1)C1CCCN1C(O)OCc1ccccc1. The third kappa shape index (κ3) is 5.14. The lowest BCUT2D eigenvalue weighted by Crippen LogP contribution is -2.45. The minimum absolute atomic E-state index is 0.291. The van der Waals surface area contributed by atoms with Crippen molar-refractivity contribution in [3.05, 3.63) is 71.8 Å². The molecule has 2 unspecified atom stereocenters. The highest BCUT2D eigenvalue weighted by atomic mass is 16.6. The van der Waals surface area contributed by atoms with Gasteiger partial charge in [0, 0.05) is 13.0 Å². The number of aliphatic hydroxyl groups excluding tert-OH is 1. The van der Waals surface area contributed by atoms with Crippen LogP contribution in [-0.4, -0.2) is 41.6 Å². The molecule has 138 valence electrons. The van der Waals surface area contributed by atoms with Crippen LogP contribution in [0.3, 0.4) is 0 Å². The van der Waals surface area contributed by atoms with Crippen LogP contribution in [0.5, 0.6) is 0 Å². The highest BCUT2D eigenvalue weighted by Crippen LogP contribution is 2.21. The molecule has 1 heterocycles. The Hall–Kier alpha value is -2.21. The molecule has 5 nitrogen and oxygen atoms in total. The zero-order chi connectivity index (χ0) is 18.2. The molecule has 26 heavy (non-hydrogen) atoms.